The average molecular weight is 156 g/mol. The van der Waals surface area contributed by atoms with Crippen LogP contribution < -0.4 is 0 Å². The summed E-state index contributed by atoms with van der Waals surface area (Å²) in [4.78, 5) is 10.5. The summed E-state index contributed by atoms with van der Waals surface area (Å²) in [5.41, 5.74) is 0. The second-order valence-corrected chi connectivity index (χ2v) is 2.51. The van der Waals surface area contributed by atoms with Gasteiger partial charge in [-0.3, -0.25) is 4.79 Å². The van der Waals surface area contributed by atoms with Crippen LogP contribution in [0.5, 0.6) is 0 Å². The molecule has 1 atom stereocenters. The molecular weight excluding hydrogens is 140 g/mol. The van der Waals surface area contributed by atoms with Crippen LogP contribution >= 0.6 is 0 Å². The molecule has 0 saturated heterocycles. The normalized spacial score (nSPS) is 12.2. The van der Waals surface area contributed by atoms with Gasteiger partial charge in [0.05, 0.1) is 0 Å². The number of rotatable bonds is 5. The van der Waals surface area contributed by atoms with Crippen LogP contribution in [0.1, 0.15) is 33.1 Å². The molecule has 0 bridgehead atoms. The molecule has 64 valence electrons. The van der Waals surface area contributed by atoms with Gasteiger partial charge in [-0.2, -0.15) is 0 Å². The molecule has 0 aromatic rings. The predicted molar refractivity (Wildman–Crippen MR) is 45.3 cm³/mol. The van der Waals surface area contributed by atoms with E-state index in [0.717, 1.165) is 19.3 Å². The number of allylic oxidation sites excluding steroid dienone is 1. The first kappa shape index (κ1) is 10.2. The van der Waals surface area contributed by atoms with Crippen molar-refractivity contribution in [2.45, 2.75) is 39.2 Å². The lowest BCUT2D eigenvalue weighted by Gasteiger charge is -2.13. The van der Waals surface area contributed by atoms with Crippen LogP contribution in [0, 0.1) is 0 Å². The van der Waals surface area contributed by atoms with Gasteiger partial charge in [0.25, 0.3) is 0 Å². The maximum absolute atomic E-state index is 10.5. The third kappa shape index (κ3) is 5.64. The van der Waals surface area contributed by atoms with Crippen LogP contribution in [-0.2, 0) is 9.53 Å². The SMILES string of the molecule is C=CCC[C@H](CC)OC(C)=O. The summed E-state index contributed by atoms with van der Waals surface area (Å²) in [5, 5.41) is 0. The fraction of sp³-hybridized carbons (Fsp3) is 0.667. The monoisotopic (exact) mass is 156 g/mol. The molecule has 0 unspecified atom stereocenters. The van der Waals surface area contributed by atoms with Gasteiger partial charge in [-0.25, -0.2) is 0 Å². The molecule has 11 heavy (non-hydrogen) atoms. The second kappa shape index (κ2) is 5.96. The van der Waals surface area contributed by atoms with Gasteiger partial charge in [0.2, 0.25) is 0 Å². The number of esters is 1. The van der Waals surface area contributed by atoms with E-state index in [0.29, 0.717) is 0 Å². The van der Waals surface area contributed by atoms with Crippen molar-refractivity contribution in [2.24, 2.45) is 0 Å². The second-order valence-electron chi connectivity index (χ2n) is 2.51. The maximum Gasteiger partial charge on any atom is 0.302 e. The lowest BCUT2D eigenvalue weighted by atomic mass is 10.1. The Labute approximate surface area is 68.2 Å². The highest BCUT2D eigenvalue weighted by molar-refractivity contribution is 5.66. The minimum absolute atomic E-state index is 0.0745. The average Bonchev–Trinajstić information content (AvgIpc) is 1.97. The zero-order chi connectivity index (χ0) is 8.69. The third-order valence-corrected chi connectivity index (χ3v) is 1.48. The highest BCUT2D eigenvalue weighted by Gasteiger charge is 2.06. The quantitative estimate of drug-likeness (QED) is 0.451. The zero-order valence-electron chi connectivity index (χ0n) is 7.30. The summed E-state index contributed by atoms with van der Waals surface area (Å²) in [6.07, 6.45) is 4.59. The Hall–Kier alpha value is -0.790. The van der Waals surface area contributed by atoms with Gasteiger partial charge in [0.15, 0.2) is 0 Å². The Morgan fingerprint density at radius 1 is 1.73 bits per heavy atom. The first-order valence-electron chi connectivity index (χ1n) is 3.98. The van der Waals surface area contributed by atoms with Gasteiger partial charge in [-0.15, -0.1) is 6.58 Å². The molecule has 0 N–H and O–H groups in total. The fourth-order valence-electron chi connectivity index (χ4n) is 0.885. The van der Waals surface area contributed by atoms with Gasteiger partial charge in [-0.05, 0) is 19.3 Å². The summed E-state index contributed by atoms with van der Waals surface area (Å²) < 4.78 is 5.01. The molecule has 0 aromatic carbocycles. The van der Waals surface area contributed by atoms with Crippen LogP contribution in [0.4, 0.5) is 0 Å². The smallest absolute Gasteiger partial charge is 0.302 e. The summed E-state index contributed by atoms with van der Waals surface area (Å²) in [6, 6.07) is 0. The number of ether oxygens (including phenoxy) is 1. The van der Waals surface area contributed by atoms with E-state index in [-0.39, 0.29) is 12.1 Å². The molecule has 0 rings (SSSR count). The van der Waals surface area contributed by atoms with E-state index in [2.05, 4.69) is 6.58 Å². The summed E-state index contributed by atoms with van der Waals surface area (Å²) >= 11 is 0. The minimum Gasteiger partial charge on any atom is -0.463 e. The van der Waals surface area contributed by atoms with E-state index >= 15 is 0 Å². The number of hydrogen-bond donors (Lipinski definition) is 0. The molecule has 0 aliphatic rings. The van der Waals surface area contributed by atoms with Crippen molar-refractivity contribution in [3.05, 3.63) is 12.7 Å². The first-order chi connectivity index (χ1) is 5.20. The summed E-state index contributed by atoms with van der Waals surface area (Å²) in [5.74, 6) is -0.194. The van der Waals surface area contributed by atoms with E-state index in [1.54, 1.807) is 0 Å². The van der Waals surface area contributed by atoms with Gasteiger partial charge in [-0.1, -0.05) is 13.0 Å². The van der Waals surface area contributed by atoms with E-state index in [1.807, 2.05) is 13.0 Å². The molecule has 0 radical (unpaired) electrons. The van der Waals surface area contributed by atoms with E-state index < -0.39 is 0 Å². The number of carbonyl (C=O) groups is 1. The molecular formula is C9H16O2. The van der Waals surface area contributed by atoms with Crippen molar-refractivity contribution in [1.29, 1.82) is 0 Å². The van der Waals surface area contributed by atoms with Crippen molar-refractivity contribution in [2.75, 3.05) is 0 Å². The molecule has 0 spiro atoms. The maximum atomic E-state index is 10.5. The topological polar surface area (TPSA) is 26.3 Å². The largest absolute Gasteiger partial charge is 0.463 e. The van der Waals surface area contributed by atoms with Gasteiger partial charge < -0.3 is 4.74 Å². The van der Waals surface area contributed by atoms with Gasteiger partial charge in [0, 0.05) is 6.92 Å². The molecule has 0 saturated carbocycles. The Kier molecular flexibility index (Phi) is 5.53. The minimum atomic E-state index is -0.194. The van der Waals surface area contributed by atoms with Crippen molar-refractivity contribution < 1.29 is 9.53 Å². The third-order valence-electron chi connectivity index (χ3n) is 1.48. The highest BCUT2D eigenvalue weighted by Crippen LogP contribution is 2.06. The highest BCUT2D eigenvalue weighted by atomic mass is 16.5. The first-order valence-corrected chi connectivity index (χ1v) is 3.98. The van der Waals surface area contributed by atoms with Crippen molar-refractivity contribution in [1.82, 2.24) is 0 Å². The van der Waals surface area contributed by atoms with Crippen molar-refractivity contribution in [3.8, 4) is 0 Å². The molecule has 0 amide bonds. The van der Waals surface area contributed by atoms with Crippen molar-refractivity contribution >= 4 is 5.97 Å². The van der Waals surface area contributed by atoms with Crippen LogP contribution in [-0.4, -0.2) is 12.1 Å². The fourth-order valence-corrected chi connectivity index (χ4v) is 0.885. The molecule has 2 heteroatoms. The summed E-state index contributed by atoms with van der Waals surface area (Å²) in [7, 11) is 0. The van der Waals surface area contributed by atoms with Crippen LogP contribution in [0.25, 0.3) is 0 Å². The Morgan fingerprint density at radius 2 is 2.36 bits per heavy atom. The van der Waals surface area contributed by atoms with Crippen LogP contribution in [0.3, 0.4) is 0 Å². The van der Waals surface area contributed by atoms with Gasteiger partial charge >= 0.3 is 5.97 Å². The number of hydrogen-bond acceptors (Lipinski definition) is 2. The van der Waals surface area contributed by atoms with E-state index in [4.69, 9.17) is 4.74 Å². The predicted octanol–water partition coefficient (Wildman–Crippen LogP) is 2.29. The molecule has 0 aliphatic heterocycles. The molecule has 0 heterocycles. The number of carbonyl (C=O) groups excluding carboxylic acids is 1. The lowest BCUT2D eigenvalue weighted by molar-refractivity contribution is -0.146. The standard InChI is InChI=1S/C9H16O2/c1-4-6-7-9(5-2)11-8(3)10/h4,9H,1,5-7H2,2-3H3/t9-/m0/s1. The molecule has 0 aromatic heterocycles. The molecule has 0 fully saturated rings. The van der Waals surface area contributed by atoms with E-state index in [1.165, 1.54) is 6.92 Å². The molecule has 2 nitrogen and oxygen atoms in total. The van der Waals surface area contributed by atoms with Crippen LogP contribution in [0.2, 0.25) is 0 Å². The van der Waals surface area contributed by atoms with Gasteiger partial charge in [0.1, 0.15) is 6.10 Å². The Balaban J connectivity index is 3.57. The summed E-state index contributed by atoms with van der Waals surface area (Å²) in [6.45, 7) is 7.06. The van der Waals surface area contributed by atoms with E-state index in [9.17, 15) is 4.79 Å². The lowest BCUT2D eigenvalue weighted by Crippen LogP contribution is -2.14. The van der Waals surface area contributed by atoms with Crippen LogP contribution in [0.15, 0.2) is 12.7 Å². The van der Waals surface area contributed by atoms with Crippen molar-refractivity contribution in [3.63, 3.8) is 0 Å². The Bertz CT molecular complexity index is 130. The zero-order valence-corrected chi connectivity index (χ0v) is 7.30. The Morgan fingerprint density at radius 3 is 2.73 bits per heavy atom. The molecule has 0 aliphatic carbocycles.